The summed E-state index contributed by atoms with van der Waals surface area (Å²) in [7, 11) is -2.20. The van der Waals surface area contributed by atoms with Crippen LogP contribution in [0, 0.1) is 17.6 Å². The highest BCUT2D eigenvalue weighted by Crippen LogP contribution is 2.60. The third-order valence-corrected chi connectivity index (χ3v) is 12.3. The Morgan fingerprint density at radius 2 is 1.77 bits per heavy atom. The van der Waals surface area contributed by atoms with Gasteiger partial charge in [0, 0.05) is 54.2 Å². The third-order valence-electron chi connectivity index (χ3n) is 10.7. The van der Waals surface area contributed by atoms with E-state index in [1.165, 1.54) is 22.1 Å². The van der Waals surface area contributed by atoms with Crippen molar-refractivity contribution < 1.29 is 48.7 Å². The number of hydrogen-bond donors (Lipinski definition) is 2. The quantitative estimate of drug-likeness (QED) is 0.118. The van der Waals surface area contributed by atoms with E-state index in [9.17, 15) is 35.2 Å². The lowest BCUT2D eigenvalue weighted by Crippen LogP contribution is -2.36. The number of pyridine rings is 1. The van der Waals surface area contributed by atoms with Gasteiger partial charge in [-0.2, -0.15) is 37.1 Å². The van der Waals surface area contributed by atoms with Crippen molar-refractivity contribution in [3.8, 4) is 11.1 Å². The predicted molar refractivity (Wildman–Crippen MR) is 206 cm³/mol. The molecular weight excluding hydrogens is 844 g/mol. The Hall–Kier alpha value is -5.61. The number of anilines is 2. The highest BCUT2D eigenvalue weighted by Gasteiger charge is 2.61. The van der Waals surface area contributed by atoms with Crippen LogP contribution in [0.3, 0.4) is 0 Å². The van der Waals surface area contributed by atoms with E-state index >= 15 is 8.78 Å². The molecule has 0 spiro atoms. The number of alkyl halides is 5. The van der Waals surface area contributed by atoms with E-state index in [-0.39, 0.29) is 29.1 Å². The number of morpholine rings is 1. The summed E-state index contributed by atoms with van der Waals surface area (Å²) in [5.41, 5.74) is -1.68. The molecule has 1 fully saturated rings. The monoisotopic (exact) mass is 875 g/mol. The lowest BCUT2D eigenvalue weighted by atomic mass is 9.81. The molecule has 1 aliphatic heterocycles. The molecular formula is C38H32F7N9O4S2. The lowest BCUT2D eigenvalue weighted by Gasteiger charge is -2.27. The SMILES string of the molecule is Cn1nc(NS(C)(=O)=O)c2cccc(-c3cc4sc(N5CCOCC5)nc4nc3[C@H](Cc3cc(F)cc(F)c3)NC(=O)Cn3nc(C(F)(F)F)c4c3C(F)(F)[C@@H]3C=C[C@H]43)c21. The van der Waals surface area contributed by atoms with Crippen molar-refractivity contribution in [3.63, 3.8) is 0 Å². The van der Waals surface area contributed by atoms with Gasteiger partial charge in [0.05, 0.1) is 47.3 Å². The first kappa shape index (κ1) is 39.8. The molecule has 22 heteroatoms. The maximum absolute atomic E-state index is 15.7. The molecule has 3 atom stereocenters. The first-order valence-electron chi connectivity index (χ1n) is 18.4. The Bertz CT molecular complexity index is 2850. The second kappa shape index (κ2) is 14.3. The summed E-state index contributed by atoms with van der Waals surface area (Å²) in [6.45, 7) is 0.917. The number of rotatable bonds is 10. The Kier molecular flexibility index (Phi) is 9.46. The van der Waals surface area contributed by atoms with Gasteiger partial charge in [-0.15, -0.1) is 0 Å². The number of halogens is 7. The summed E-state index contributed by atoms with van der Waals surface area (Å²) in [5, 5.41) is 11.6. The number of amides is 1. The number of carbonyl (C=O) groups is 1. The number of nitrogens with one attached hydrogen (secondary N) is 2. The number of para-hydroxylation sites is 1. The lowest BCUT2D eigenvalue weighted by molar-refractivity contribution is -0.142. The zero-order chi connectivity index (χ0) is 42.5. The van der Waals surface area contributed by atoms with Gasteiger partial charge < -0.3 is 15.0 Å². The summed E-state index contributed by atoms with van der Waals surface area (Å²) in [4.78, 5) is 25.8. The fourth-order valence-electron chi connectivity index (χ4n) is 8.18. The first-order chi connectivity index (χ1) is 28.4. The number of allylic oxidation sites excluding steroid dienone is 2. The molecule has 13 nitrogen and oxygen atoms in total. The van der Waals surface area contributed by atoms with Crippen LogP contribution in [0.15, 0.2) is 54.6 Å². The van der Waals surface area contributed by atoms with Gasteiger partial charge in [0.1, 0.15) is 23.9 Å². The number of sulfonamides is 1. The Balaban J connectivity index is 1.20. The van der Waals surface area contributed by atoms with E-state index in [2.05, 4.69) is 20.2 Å². The number of aromatic nitrogens is 6. The smallest absolute Gasteiger partial charge is 0.378 e. The van der Waals surface area contributed by atoms with Gasteiger partial charge in [-0.25, -0.2) is 22.2 Å². The molecule has 314 valence electrons. The number of hydrogen-bond acceptors (Lipinski definition) is 10. The van der Waals surface area contributed by atoms with Crippen LogP contribution >= 0.6 is 11.3 Å². The van der Waals surface area contributed by atoms with E-state index in [1.807, 2.05) is 4.90 Å². The summed E-state index contributed by atoms with van der Waals surface area (Å²) < 4.78 is 138. The van der Waals surface area contributed by atoms with Gasteiger partial charge in [-0.05, 0) is 36.2 Å². The average molecular weight is 876 g/mol. The molecule has 9 rings (SSSR count). The second-order valence-corrected chi connectivity index (χ2v) is 17.6. The van der Waals surface area contributed by atoms with E-state index in [0.717, 1.165) is 24.5 Å². The van der Waals surface area contributed by atoms with Gasteiger partial charge >= 0.3 is 6.18 Å². The molecule has 0 bridgehead atoms. The number of nitrogens with zero attached hydrogens (tertiary/aromatic N) is 7. The van der Waals surface area contributed by atoms with Crippen molar-refractivity contribution in [1.29, 1.82) is 0 Å². The number of aryl methyl sites for hydroxylation is 1. The molecule has 3 aliphatic rings. The number of thiazole rings is 1. The summed E-state index contributed by atoms with van der Waals surface area (Å²) >= 11 is 1.32. The molecule has 2 aliphatic carbocycles. The third kappa shape index (κ3) is 7.02. The molecule has 2 N–H and O–H groups in total. The minimum absolute atomic E-state index is 0.0188. The zero-order valence-electron chi connectivity index (χ0n) is 31.4. The molecule has 0 saturated carbocycles. The van der Waals surface area contributed by atoms with Crippen LogP contribution in [0.4, 0.5) is 41.7 Å². The Morgan fingerprint density at radius 1 is 1.03 bits per heavy atom. The highest BCUT2D eigenvalue weighted by molar-refractivity contribution is 7.92. The van der Waals surface area contributed by atoms with E-state index in [1.54, 1.807) is 31.3 Å². The van der Waals surface area contributed by atoms with Gasteiger partial charge in [0.25, 0.3) is 5.92 Å². The van der Waals surface area contributed by atoms with E-state index in [4.69, 9.17) is 14.7 Å². The average Bonchev–Trinajstić information content (AvgIpc) is 3.85. The maximum Gasteiger partial charge on any atom is 0.435 e. The molecule has 1 saturated heterocycles. The summed E-state index contributed by atoms with van der Waals surface area (Å²) in [5.74, 6) is -9.44. The van der Waals surface area contributed by atoms with Crippen molar-refractivity contribution in [2.24, 2.45) is 13.0 Å². The maximum atomic E-state index is 15.7. The molecule has 1 amide bonds. The van der Waals surface area contributed by atoms with Gasteiger partial charge in [0.2, 0.25) is 15.9 Å². The molecule has 2 aromatic carbocycles. The van der Waals surface area contributed by atoms with Crippen molar-refractivity contribution in [3.05, 3.63) is 94.5 Å². The predicted octanol–water partition coefficient (Wildman–Crippen LogP) is 6.42. The first-order valence-corrected chi connectivity index (χ1v) is 21.1. The van der Waals surface area contributed by atoms with Gasteiger partial charge in [-0.3, -0.25) is 18.9 Å². The highest BCUT2D eigenvalue weighted by atomic mass is 32.2. The fourth-order valence-corrected chi connectivity index (χ4v) is 9.68. The van der Waals surface area contributed by atoms with Crippen LogP contribution in [0.1, 0.15) is 40.2 Å². The fraction of sp³-hybridized carbons (Fsp3) is 0.342. The number of ether oxygens (including phenoxy) is 1. The molecule has 0 radical (unpaired) electrons. The van der Waals surface area contributed by atoms with Gasteiger partial charge in [0.15, 0.2) is 22.3 Å². The molecule has 6 aromatic rings. The number of carbonyl (C=O) groups excluding carboxylic acids is 1. The van der Waals surface area contributed by atoms with E-state index in [0.29, 0.717) is 68.9 Å². The second-order valence-electron chi connectivity index (χ2n) is 14.8. The minimum Gasteiger partial charge on any atom is -0.378 e. The number of benzene rings is 2. The topological polar surface area (TPSA) is 149 Å². The van der Waals surface area contributed by atoms with Crippen molar-refractivity contribution in [2.75, 3.05) is 42.2 Å². The largest absolute Gasteiger partial charge is 0.435 e. The zero-order valence-corrected chi connectivity index (χ0v) is 33.0. The van der Waals surface area contributed by atoms with Crippen LogP contribution in [-0.4, -0.2) is 76.4 Å². The standard InChI is InChI=1S/C38H32F7N9O4S2/c1-52-31-21(4-3-5-23(31)34(50-52)51-60(2,56)57)24-16-27-35(48-36(59-27)53-8-10-58-11-9-53)47-30(24)26(14-18-12-19(39)15-20(40)13-18)46-28(55)17-54-33-29(32(49-54)38(43,44)45)22-6-7-25(22)37(33,41)42/h3-7,12-13,15-16,22,25-26H,8-11,14,17H2,1-2H3,(H,46,55)(H,50,51)/t22-,25+,26-/m0/s1. The van der Waals surface area contributed by atoms with Crippen LogP contribution in [-0.2, 0) is 51.7 Å². The normalized spacial score (nSPS) is 19.1. The molecule has 4 aromatic heterocycles. The summed E-state index contributed by atoms with van der Waals surface area (Å²) in [6, 6.07) is 8.11. The summed E-state index contributed by atoms with van der Waals surface area (Å²) in [6.07, 6.45) is -2.11. The van der Waals surface area contributed by atoms with E-state index < -0.39 is 81.0 Å². The van der Waals surface area contributed by atoms with Gasteiger partial charge in [-0.1, -0.05) is 35.6 Å². The number of fused-ring (bicyclic) bond motifs is 5. The molecule has 5 heterocycles. The van der Waals surface area contributed by atoms with Crippen LogP contribution in [0.5, 0.6) is 0 Å². The molecule has 60 heavy (non-hydrogen) atoms. The van der Waals surface area contributed by atoms with Crippen LogP contribution < -0.4 is 14.9 Å². The van der Waals surface area contributed by atoms with Crippen molar-refractivity contribution in [1.82, 2.24) is 34.8 Å². The molecule has 0 unspecified atom stereocenters. The van der Waals surface area contributed by atoms with Crippen LogP contribution in [0.25, 0.3) is 32.4 Å². The van der Waals surface area contributed by atoms with Crippen molar-refractivity contribution in [2.45, 2.75) is 37.0 Å². The Labute approximate surface area is 339 Å². The van der Waals surface area contributed by atoms with Crippen LogP contribution in [0.2, 0.25) is 0 Å². The Morgan fingerprint density at radius 3 is 2.43 bits per heavy atom. The minimum atomic E-state index is -5.10. The van der Waals surface area contributed by atoms with Crippen molar-refractivity contribution >= 4 is 59.5 Å².